The lowest BCUT2D eigenvalue weighted by Crippen LogP contribution is -2.26. The van der Waals surface area contributed by atoms with E-state index in [4.69, 9.17) is 4.74 Å². The van der Waals surface area contributed by atoms with Crippen molar-refractivity contribution < 1.29 is 4.74 Å². The van der Waals surface area contributed by atoms with Gasteiger partial charge in [-0.1, -0.05) is 31.9 Å². The molecule has 1 N–H and O–H groups in total. The normalized spacial score (nSPS) is 22.8. The second-order valence-electron chi connectivity index (χ2n) is 6.31. The Morgan fingerprint density at radius 1 is 1.15 bits per heavy atom. The Morgan fingerprint density at radius 2 is 1.85 bits per heavy atom. The molecule has 0 bridgehead atoms. The van der Waals surface area contributed by atoms with E-state index >= 15 is 0 Å². The maximum atomic E-state index is 5.88. The van der Waals surface area contributed by atoms with Crippen molar-refractivity contribution in [2.24, 2.45) is 5.92 Å². The molecule has 0 amide bonds. The molecule has 112 valence electrons. The number of para-hydroxylation sites is 2. The molecule has 2 nitrogen and oxygen atoms in total. The van der Waals surface area contributed by atoms with Crippen molar-refractivity contribution in [1.29, 1.82) is 0 Å². The van der Waals surface area contributed by atoms with Crippen molar-refractivity contribution in [2.45, 2.75) is 71.4 Å². The summed E-state index contributed by atoms with van der Waals surface area (Å²) < 4.78 is 5.88. The number of hydrogen-bond donors (Lipinski definition) is 1. The van der Waals surface area contributed by atoms with E-state index in [1.54, 1.807) is 0 Å². The van der Waals surface area contributed by atoms with Crippen LogP contribution in [0.1, 0.15) is 59.3 Å². The van der Waals surface area contributed by atoms with Gasteiger partial charge in [0, 0.05) is 6.04 Å². The molecular weight excluding hydrogens is 246 g/mol. The van der Waals surface area contributed by atoms with Gasteiger partial charge in [0.2, 0.25) is 0 Å². The highest BCUT2D eigenvalue weighted by Gasteiger charge is 2.21. The standard InChI is InChI=1S/C18H29NO/c1-4-7-15-10-12-16(13-11-15)19-17-8-5-6-9-18(17)20-14(2)3/h5-6,8-9,14-16,19H,4,7,10-13H2,1-3H3. The van der Waals surface area contributed by atoms with E-state index in [1.165, 1.54) is 38.5 Å². The molecule has 1 aromatic carbocycles. The highest BCUT2D eigenvalue weighted by atomic mass is 16.5. The average Bonchev–Trinajstić information content (AvgIpc) is 2.43. The minimum atomic E-state index is 0.221. The summed E-state index contributed by atoms with van der Waals surface area (Å²) in [6.07, 6.45) is 8.28. The van der Waals surface area contributed by atoms with Gasteiger partial charge >= 0.3 is 0 Å². The predicted molar refractivity (Wildman–Crippen MR) is 86.5 cm³/mol. The summed E-state index contributed by atoms with van der Waals surface area (Å²) >= 11 is 0. The summed E-state index contributed by atoms with van der Waals surface area (Å²) in [5.41, 5.74) is 1.15. The number of nitrogens with one attached hydrogen (secondary N) is 1. The summed E-state index contributed by atoms with van der Waals surface area (Å²) in [5, 5.41) is 3.69. The van der Waals surface area contributed by atoms with Gasteiger partial charge < -0.3 is 10.1 Å². The van der Waals surface area contributed by atoms with E-state index in [0.29, 0.717) is 6.04 Å². The van der Waals surface area contributed by atoms with Gasteiger partial charge in [0.05, 0.1) is 11.8 Å². The molecule has 0 atom stereocenters. The molecule has 1 aliphatic rings. The second-order valence-corrected chi connectivity index (χ2v) is 6.31. The third kappa shape index (κ3) is 4.43. The third-order valence-corrected chi connectivity index (χ3v) is 4.15. The van der Waals surface area contributed by atoms with E-state index in [0.717, 1.165) is 17.4 Å². The molecule has 0 spiro atoms. The van der Waals surface area contributed by atoms with Gasteiger partial charge in [0.1, 0.15) is 5.75 Å². The van der Waals surface area contributed by atoms with E-state index in [9.17, 15) is 0 Å². The first kappa shape index (κ1) is 15.2. The Hall–Kier alpha value is -1.18. The predicted octanol–water partition coefficient (Wildman–Crippen LogP) is 5.24. The molecule has 0 aliphatic heterocycles. The Kier molecular flexibility index (Phi) is 5.75. The molecule has 2 rings (SSSR count). The summed E-state index contributed by atoms with van der Waals surface area (Å²) in [6, 6.07) is 8.93. The molecule has 1 saturated carbocycles. The van der Waals surface area contributed by atoms with Gasteiger partial charge in [-0.25, -0.2) is 0 Å². The maximum Gasteiger partial charge on any atom is 0.142 e. The lowest BCUT2D eigenvalue weighted by Gasteiger charge is -2.30. The lowest BCUT2D eigenvalue weighted by molar-refractivity contribution is 0.243. The van der Waals surface area contributed by atoms with Crippen molar-refractivity contribution in [3.05, 3.63) is 24.3 Å². The fourth-order valence-electron chi connectivity index (χ4n) is 3.17. The van der Waals surface area contributed by atoms with E-state index in [2.05, 4.69) is 44.3 Å². The van der Waals surface area contributed by atoms with Crippen LogP contribution in [0.4, 0.5) is 5.69 Å². The molecule has 0 radical (unpaired) electrons. The maximum absolute atomic E-state index is 5.88. The molecular formula is C18H29NO. The largest absolute Gasteiger partial charge is 0.489 e. The van der Waals surface area contributed by atoms with Gasteiger partial charge in [-0.05, 0) is 57.6 Å². The number of rotatable bonds is 6. The highest BCUT2D eigenvalue weighted by molar-refractivity contribution is 5.56. The van der Waals surface area contributed by atoms with Crippen LogP contribution in [0, 0.1) is 5.92 Å². The van der Waals surface area contributed by atoms with Crippen LogP contribution < -0.4 is 10.1 Å². The van der Waals surface area contributed by atoms with E-state index in [-0.39, 0.29) is 6.10 Å². The lowest BCUT2D eigenvalue weighted by atomic mass is 9.83. The Bertz CT molecular complexity index is 394. The van der Waals surface area contributed by atoms with E-state index in [1.807, 2.05) is 6.07 Å². The molecule has 0 saturated heterocycles. The van der Waals surface area contributed by atoms with Crippen LogP contribution >= 0.6 is 0 Å². The minimum absolute atomic E-state index is 0.221. The molecule has 0 unspecified atom stereocenters. The van der Waals surface area contributed by atoms with Crippen molar-refractivity contribution in [1.82, 2.24) is 0 Å². The first-order valence-corrected chi connectivity index (χ1v) is 8.21. The molecule has 2 heteroatoms. The van der Waals surface area contributed by atoms with Crippen LogP contribution in [0.5, 0.6) is 5.75 Å². The molecule has 20 heavy (non-hydrogen) atoms. The van der Waals surface area contributed by atoms with Crippen LogP contribution in [0.3, 0.4) is 0 Å². The fourth-order valence-corrected chi connectivity index (χ4v) is 3.17. The highest BCUT2D eigenvalue weighted by Crippen LogP contribution is 2.32. The SMILES string of the molecule is CCCC1CCC(Nc2ccccc2OC(C)C)CC1. The molecule has 0 heterocycles. The summed E-state index contributed by atoms with van der Waals surface area (Å²) in [4.78, 5) is 0. The van der Waals surface area contributed by atoms with Crippen LogP contribution in [0.25, 0.3) is 0 Å². The summed E-state index contributed by atoms with van der Waals surface area (Å²) in [5.74, 6) is 1.94. The molecule has 1 aromatic rings. The average molecular weight is 275 g/mol. The fraction of sp³-hybridized carbons (Fsp3) is 0.667. The van der Waals surface area contributed by atoms with Crippen LogP contribution in [-0.4, -0.2) is 12.1 Å². The first-order chi connectivity index (χ1) is 9.69. The zero-order valence-electron chi connectivity index (χ0n) is 13.2. The van der Waals surface area contributed by atoms with E-state index < -0.39 is 0 Å². The number of hydrogen-bond acceptors (Lipinski definition) is 2. The summed E-state index contributed by atoms with van der Waals surface area (Å²) in [6.45, 7) is 6.45. The van der Waals surface area contributed by atoms with Crippen molar-refractivity contribution in [3.8, 4) is 5.75 Å². The number of ether oxygens (including phenoxy) is 1. The van der Waals surface area contributed by atoms with Crippen LogP contribution in [0.2, 0.25) is 0 Å². The third-order valence-electron chi connectivity index (χ3n) is 4.15. The van der Waals surface area contributed by atoms with Gasteiger partial charge in [-0.2, -0.15) is 0 Å². The topological polar surface area (TPSA) is 21.3 Å². The monoisotopic (exact) mass is 275 g/mol. The minimum Gasteiger partial charge on any atom is -0.489 e. The van der Waals surface area contributed by atoms with Crippen molar-refractivity contribution in [2.75, 3.05) is 5.32 Å². The zero-order valence-corrected chi connectivity index (χ0v) is 13.2. The van der Waals surface area contributed by atoms with Crippen LogP contribution in [0.15, 0.2) is 24.3 Å². The van der Waals surface area contributed by atoms with Gasteiger partial charge in [0.25, 0.3) is 0 Å². The van der Waals surface area contributed by atoms with Gasteiger partial charge in [-0.15, -0.1) is 0 Å². The van der Waals surface area contributed by atoms with Crippen molar-refractivity contribution >= 4 is 5.69 Å². The summed E-state index contributed by atoms with van der Waals surface area (Å²) in [7, 11) is 0. The number of benzene rings is 1. The first-order valence-electron chi connectivity index (χ1n) is 8.21. The second kappa shape index (κ2) is 7.56. The molecule has 1 aliphatic carbocycles. The Balaban J connectivity index is 1.91. The van der Waals surface area contributed by atoms with Crippen molar-refractivity contribution in [3.63, 3.8) is 0 Å². The Morgan fingerprint density at radius 3 is 2.50 bits per heavy atom. The smallest absolute Gasteiger partial charge is 0.142 e. The Labute approximate surface area is 123 Å². The van der Waals surface area contributed by atoms with Gasteiger partial charge in [0.15, 0.2) is 0 Å². The quantitative estimate of drug-likeness (QED) is 0.766. The number of anilines is 1. The molecule has 0 aromatic heterocycles. The van der Waals surface area contributed by atoms with Crippen LogP contribution in [-0.2, 0) is 0 Å². The zero-order chi connectivity index (χ0) is 14.4. The molecule has 1 fully saturated rings. The van der Waals surface area contributed by atoms with Gasteiger partial charge in [-0.3, -0.25) is 0 Å².